The molecule has 26 heavy (non-hydrogen) atoms. The average molecular weight is 367 g/mol. The molecule has 0 aliphatic carbocycles. The van der Waals surface area contributed by atoms with E-state index in [1.54, 1.807) is 31.6 Å². The smallest absolute Gasteiger partial charge is 0.274 e. The minimum Gasteiger partial charge on any atom is -0.481 e. The molecule has 132 valence electrons. The molecule has 3 aromatic rings. The van der Waals surface area contributed by atoms with E-state index in [-0.39, 0.29) is 5.56 Å². The molecule has 0 unspecified atom stereocenters. The second-order valence-electron chi connectivity index (χ2n) is 5.40. The Hall–Kier alpha value is -3.13. The van der Waals surface area contributed by atoms with Gasteiger partial charge in [0.05, 0.1) is 30.3 Å². The van der Waals surface area contributed by atoms with Gasteiger partial charge in [-0.1, -0.05) is 17.8 Å². The predicted octanol–water partition coefficient (Wildman–Crippen LogP) is 2.39. The third-order valence-electron chi connectivity index (χ3n) is 3.65. The number of benzene rings is 1. The molecule has 0 aliphatic heterocycles. The maximum Gasteiger partial charge on any atom is 0.274 e. The molecular weight excluding hydrogens is 350 g/mol. The van der Waals surface area contributed by atoms with E-state index in [9.17, 15) is 4.79 Å². The van der Waals surface area contributed by atoms with Crippen LogP contribution in [-0.2, 0) is 6.54 Å². The maximum absolute atomic E-state index is 12.7. The highest BCUT2D eigenvalue weighted by Gasteiger charge is 2.07. The molecule has 0 spiro atoms. The number of hydrogen-bond acceptors (Lipinski definition) is 7. The van der Waals surface area contributed by atoms with Gasteiger partial charge in [0, 0.05) is 28.8 Å². The van der Waals surface area contributed by atoms with Gasteiger partial charge in [-0.3, -0.25) is 4.79 Å². The van der Waals surface area contributed by atoms with Crippen LogP contribution in [0.3, 0.4) is 0 Å². The number of nitrogens with zero attached hydrogens (tertiary/aromatic N) is 3. The lowest BCUT2D eigenvalue weighted by atomic mass is 10.2. The number of rotatable bonds is 6. The van der Waals surface area contributed by atoms with Crippen LogP contribution in [0.4, 0.5) is 0 Å². The van der Waals surface area contributed by atoms with Gasteiger partial charge in [0.1, 0.15) is 0 Å². The average Bonchev–Trinajstić information content (AvgIpc) is 2.65. The van der Waals surface area contributed by atoms with Crippen LogP contribution in [-0.4, -0.2) is 28.1 Å². The van der Waals surface area contributed by atoms with Crippen molar-refractivity contribution in [1.82, 2.24) is 14.8 Å². The Morgan fingerprint density at radius 2 is 2.19 bits per heavy atom. The summed E-state index contributed by atoms with van der Waals surface area (Å²) >= 11 is 1.33. The van der Waals surface area contributed by atoms with E-state index < -0.39 is 0 Å². The summed E-state index contributed by atoms with van der Waals surface area (Å²) in [6.07, 6.45) is 5.97. The molecule has 0 saturated heterocycles. The van der Waals surface area contributed by atoms with Crippen LogP contribution in [0.15, 0.2) is 63.5 Å². The minimum atomic E-state index is -0.169. The normalized spacial score (nSPS) is 11.5. The van der Waals surface area contributed by atoms with Crippen molar-refractivity contribution in [3.63, 3.8) is 0 Å². The molecule has 0 radical (unpaired) electrons. The monoisotopic (exact) mass is 367 g/mol. The van der Waals surface area contributed by atoms with Crippen molar-refractivity contribution in [1.29, 1.82) is 5.41 Å². The SMILES string of the molecule is COc1ccc(Cn2ncc3cc(SC(N)=CC=N)ccc3c2=O)cn1. The Labute approximate surface area is 154 Å². The molecule has 0 saturated carbocycles. The number of ether oxygens (including phenoxy) is 1. The van der Waals surface area contributed by atoms with Gasteiger partial charge in [-0.15, -0.1) is 0 Å². The fraction of sp³-hybridized carbons (Fsp3) is 0.111. The Morgan fingerprint density at radius 1 is 1.35 bits per heavy atom. The number of methoxy groups -OCH3 is 1. The lowest BCUT2D eigenvalue weighted by molar-refractivity contribution is 0.397. The standard InChI is InChI=1S/C18H17N5O2S/c1-25-17-5-2-12(9-21-17)11-23-18(24)15-4-3-14(8-13(15)10-22-23)26-16(20)6-7-19/h2-10,19H,11,20H2,1H3. The molecule has 7 nitrogen and oxygen atoms in total. The quantitative estimate of drug-likeness (QED) is 0.512. The van der Waals surface area contributed by atoms with E-state index in [1.807, 2.05) is 18.2 Å². The number of aromatic nitrogens is 3. The molecule has 0 aliphatic rings. The second-order valence-corrected chi connectivity index (χ2v) is 6.55. The van der Waals surface area contributed by atoms with Crippen LogP contribution >= 0.6 is 11.8 Å². The highest BCUT2D eigenvalue weighted by molar-refractivity contribution is 8.03. The zero-order valence-corrected chi connectivity index (χ0v) is 14.9. The van der Waals surface area contributed by atoms with E-state index in [4.69, 9.17) is 15.9 Å². The highest BCUT2D eigenvalue weighted by atomic mass is 32.2. The number of fused-ring (bicyclic) bond motifs is 1. The van der Waals surface area contributed by atoms with E-state index in [1.165, 1.54) is 22.5 Å². The van der Waals surface area contributed by atoms with Crippen LogP contribution in [0.25, 0.3) is 10.8 Å². The molecule has 0 bridgehead atoms. The molecule has 0 atom stereocenters. The molecule has 2 aromatic heterocycles. The first-order valence-electron chi connectivity index (χ1n) is 7.73. The summed E-state index contributed by atoms with van der Waals surface area (Å²) in [7, 11) is 1.55. The number of allylic oxidation sites excluding steroid dienone is 1. The van der Waals surface area contributed by atoms with Gasteiger partial charge in [-0.25, -0.2) is 9.67 Å². The largest absolute Gasteiger partial charge is 0.481 e. The summed E-state index contributed by atoms with van der Waals surface area (Å²) in [6, 6.07) is 9.05. The Morgan fingerprint density at radius 3 is 2.88 bits per heavy atom. The Kier molecular flexibility index (Phi) is 5.33. The van der Waals surface area contributed by atoms with Crippen LogP contribution in [0.1, 0.15) is 5.56 Å². The number of hydrogen-bond donors (Lipinski definition) is 2. The van der Waals surface area contributed by atoms with Gasteiger partial charge in [-0.2, -0.15) is 5.10 Å². The van der Waals surface area contributed by atoms with E-state index in [0.29, 0.717) is 22.8 Å². The first kappa shape index (κ1) is 17.7. The first-order chi connectivity index (χ1) is 12.6. The molecule has 0 amide bonds. The minimum absolute atomic E-state index is 0.169. The van der Waals surface area contributed by atoms with Crippen molar-refractivity contribution in [2.75, 3.05) is 7.11 Å². The maximum atomic E-state index is 12.7. The number of pyridine rings is 1. The summed E-state index contributed by atoms with van der Waals surface area (Å²) in [5.41, 5.74) is 6.49. The van der Waals surface area contributed by atoms with Crippen molar-refractivity contribution in [3.05, 3.63) is 69.7 Å². The summed E-state index contributed by atoms with van der Waals surface area (Å²) in [6.45, 7) is 0.331. The van der Waals surface area contributed by atoms with Gasteiger partial charge >= 0.3 is 0 Å². The van der Waals surface area contributed by atoms with Gasteiger partial charge in [-0.05, 0) is 29.8 Å². The van der Waals surface area contributed by atoms with Crippen LogP contribution < -0.4 is 16.0 Å². The van der Waals surface area contributed by atoms with E-state index >= 15 is 0 Å². The molecule has 8 heteroatoms. The van der Waals surface area contributed by atoms with Crippen molar-refractivity contribution in [2.24, 2.45) is 5.73 Å². The highest BCUT2D eigenvalue weighted by Crippen LogP contribution is 2.25. The molecule has 1 aromatic carbocycles. The number of nitrogens with one attached hydrogen (secondary N) is 1. The number of thioether (sulfide) groups is 1. The fourth-order valence-corrected chi connectivity index (χ4v) is 3.12. The van der Waals surface area contributed by atoms with Crippen molar-refractivity contribution < 1.29 is 4.74 Å². The fourth-order valence-electron chi connectivity index (χ4n) is 2.39. The summed E-state index contributed by atoms with van der Waals surface area (Å²) < 4.78 is 6.44. The third kappa shape index (κ3) is 3.92. The molecule has 0 fully saturated rings. The Balaban J connectivity index is 1.89. The van der Waals surface area contributed by atoms with Crippen molar-refractivity contribution in [3.8, 4) is 5.88 Å². The lowest BCUT2D eigenvalue weighted by Crippen LogP contribution is -2.23. The van der Waals surface area contributed by atoms with E-state index in [2.05, 4.69) is 10.1 Å². The lowest BCUT2D eigenvalue weighted by Gasteiger charge is -2.08. The third-order valence-corrected chi connectivity index (χ3v) is 4.51. The zero-order chi connectivity index (χ0) is 18.5. The second kappa shape index (κ2) is 7.83. The summed E-state index contributed by atoms with van der Waals surface area (Å²) in [5, 5.41) is 13.1. The summed E-state index contributed by atoms with van der Waals surface area (Å²) in [5.74, 6) is 0.522. The van der Waals surface area contributed by atoms with Crippen molar-refractivity contribution >= 4 is 28.7 Å². The Bertz CT molecular complexity index is 1030. The molecular formula is C18H17N5O2S. The summed E-state index contributed by atoms with van der Waals surface area (Å²) in [4.78, 5) is 17.7. The molecule has 3 rings (SSSR count). The molecule has 3 N–H and O–H groups in total. The van der Waals surface area contributed by atoms with Gasteiger partial charge in [0.15, 0.2) is 0 Å². The predicted molar refractivity (Wildman–Crippen MR) is 103 cm³/mol. The van der Waals surface area contributed by atoms with Gasteiger partial charge in [0.2, 0.25) is 5.88 Å². The topological polar surface area (TPSA) is 107 Å². The van der Waals surface area contributed by atoms with Gasteiger partial charge in [0.25, 0.3) is 5.56 Å². The number of nitrogens with two attached hydrogens (primary N) is 1. The van der Waals surface area contributed by atoms with Gasteiger partial charge < -0.3 is 15.9 Å². The van der Waals surface area contributed by atoms with Crippen molar-refractivity contribution in [2.45, 2.75) is 11.4 Å². The van der Waals surface area contributed by atoms with Crippen LogP contribution in [0.5, 0.6) is 5.88 Å². The zero-order valence-electron chi connectivity index (χ0n) is 14.0. The van der Waals surface area contributed by atoms with Crippen LogP contribution in [0.2, 0.25) is 0 Å². The first-order valence-corrected chi connectivity index (χ1v) is 8.55. The van der Waals surface area contributed by atoms with Crippen LogP contribution in [0, 0.1) is 5.41 Å². The van der Waals surface area contributed by atoms with E-state index in [0.717, 1.165) is 22.1 Å². The molecule has 2 heterocycles.